The van der Waals surface area contributed by atoms with E-state index in [-0.39, 0.29) is 52.8 Å². The van der Waals surface area contributed by atoms with Gasteiger partial charge < -0.3 is 30.3 Å². The Kier molecular flexibility index (Phi) is 4.43. The first-order valence-electron chi connectivity index (χ1n) is 6.37. The van der Waals surface area contributed by atoms with E-state index < -0.39 is 12.2 Å². The van der Waals surface area contributed by atoms with Crippen LogP contribution in [0.2, 0.25) is 0 Å². The Morgan fingerprint density at radius 3 is 2.32 bits per heavy atom. The maximum Gasteiger partial charge on any atom is 0.157 e. The zero-order chi connectivity index (χ0) is 15.1. The molecule has 0 spiro atoms. The van der Waals surface area contributed by atoms with E-state index in [1.807, 2.05) is 0 Å². The Hall–Kier alpha value is -2.06. The Balaban J connectivity index is 0.00000176. The van der Waals surface area contributed by atoms with Crippen molar-refractivity contribution in [3.8, 4) is 28.7 Å². The summed E-state index contributed by atoms with van der Waals surface area (Å²) in [6.45, 7) is 0. The predicted octanol–water partition coefficient (Wildman–Crippen LogP) is 1.17. The molecule has 7 heteroatoms. The third kappa shape index (κ3) is 2.79. The van der Waals surface area contributed by atoms with E-state index >= 15 is 0 Å². The second kappa shape index (κ2) is 5.98. The molecule has 114 valence electrons. The summed E-state index contributed by atoms with van der Waals surface area (Å²) in [5.41, 5.74) is 0.894. The minimum Gasteiger partial charge on any atom is -0.508 e. The Morgan fingerprint density at radius 2 is 1.64 bits per heavy atom. The normalized spacial score (nSPS) is 19.7. The van der Waals surface area contributed by atoms with Crippen molar-refractivity contribution in [3.63, 3.8) is 0 Å². The van der Waals surface area contributed by atoms with Crippen molar-refractivity contribution in [2.24, 2.45) is 0 Å². The fourth-order valence-corrected chi connectivity index (χ4v) is 2.47. The summed E-state index contributed by atoms with van der Waals surface area (Å²) in [5.74, 6) is -0.589. The van der Waals surface area contributed by atoms with Crippen molar-refractivity contribution in [1.82, 2.24) is 0 Å². The van der Waals surface area contributed by atoms with Gasteiger partial charge in [0.05, 0.1) is 6.10 Å². The van der Waals surface area contributed by atoms with Gasteiger partial charge in [0.2, 0.25) is 0 Å². The Morgan fingerprint density at radius 1 is 0.909 bits per heavy atom. The van der Waals surface area contributed by atoms with E-state index in [0.29, 0.717) is 11.1 Å². The van der Waals surface area contributed by atoms with Crippen molar-refractivity contribution in [2.75, 3.05) is 0 Å². The van der Waals surface area contributed by atoms with Crippen LogP contribution >= 0.6 is 0 Å². The number of rotatable bonds is 1. The zero-order valence-corrected chi connectivity index (χ0v) is 13.5. The topological polar surface area (TPSA) is 110 Å². The quantitative estimate of drug-likeness (QED) is 0.384. The molecule has 22 heavy (non-hydrogen) atoms. The van der Waals surface area contributed by atoms with Crippen molar-refractivity contribution >= 4 is 17.6 Å². The molecule has 6 nitrogen and oxygen atoms in total. The maximum atomic E-state index is 10.2. The summed E-state index contributed by atoms with van der Waals surface area (Å²) in [6, 6.07) is 6.67. The molecule has 4 radical (unpaired) electrons. The molecular formula is C15H14GeO6. The zero-order valence-electron chi connectivity index (χ0n) is 11.4. The predicted molar refractivity (Wildman–Crippen MR) is 78.4 cm³/mol. The largest absolute Gasteiger partial charge is 0.508 e. The van der Waals surface area contributed by atoms with Gasteiger partial charge in [0, 0.05) is 41.7 Å². The van der Waals surface area contributed by atoms with Crippen LogP contribution in [0.1, 0.15) is 17.2 Å². The number of phenolic OH excluding ortho intramolecular Hbond substituents is 4. The molecule has 0 fully saturated rings. The first kappa shape index (κ1) is 16.3. The van der Waals surface area contributed by atoms with Gasteiger partial charge in [-0.2, -0.15) is 0 Å². The molecule has 2 aromatic rings. The molecule has 2 atom stereocenters. The number of aliphatic hydroxyl groups excluding tert-OH is 1. The number of hydrogen-bond donors (Lipinski definition) is 5. The summed E-state index contributed by atoms with van der Waals surface area (Å²) in [7, 11) is 0. The fourth-order valence-electron chi connectivity index (χ4n) is 2.47. The summed E-state index contributed by atoms with van der Waals surface area (Å²) in [4.78, 5) is 0. The number of fused-ring (bicyclic) bond motifs is 1. The van der Waals surface area contributed by atoms with Gasteiger partial charge in [-0.3, -0.25) is 0 Å². The minimum absolute atomic E-state index is 0. The standard InChI is InChI=1S/C15H14O6.Ge/c16-8-4-11(18)9-6-13(20)15(21-14(9)5-8)7-1-2-10(17)12(19)3-7;/h1-5,13,15-20H,6H2;/t13-,15+;/m0./s1. The molecule has 0 aromatic heterocycles. The van der Waals surface area contributed by atoms with E-state index in [2.05, 4.69) is 0 Å². The molecule has 0 saturated heterocycles. The molecule has 2 aromatic carbocycles. The molecular weight excluding hydrogens is 349 g/mol. The van der Waals surface area contributed by atoms with Crippen LogP contribution in [0.15, 0.2) is 30.3 Å². The molecule has 5 N–H and O–H groups in total. The Labute approximate surface area is 137 Å². The molecule has 1 aliphatic rings. The van der Waals surface area contributed by atoms with E-state index in [1.54, 1.807) is 0 Å². The molecule has 0 amide bonds. The fraction of sp³-hybridized carbons (Fsp3) is 0.200. The van der Waals surface area contributed by atoms with Gasteiger partial charge in [-0.1, -0.05) is 6.07 Å². The molecule has 0 saturated carbocycles. The van der Waals surface area contributed by atoms with Gasteiger partial charge >= 0.3 is 0 Å². The molecule has 0 bridgehead atoms. The molecule has 1 aliphatic heterocycles. The average molecular weight is 363 g/mol. The second-order valence-electron chi connectivity index (χ2n) is 5.00. The van der Waals surface area contributed by atoms with Gasteiger partial charge in [-0.25, -0.2) is 0 Å². The molecule has 3 rings (SSSR count). The number of hydrogen-bond acceptors (Lipinski definition) is 6. The number of benzene rings is 2. The van der Waals surface area contributed by atoms with Gasteiger partial charge in [-0.15, -0.1) is 0 Å². The number of ether oxygens (including phenoxy) is 1. The van der Waals surface area contributed by atoms with Gasteiger partial charge in [0.1, 0.15) is 23.4 Å². The summed E-state index contributed by atoms with van der Waals surface area (Å²) in [5, 5.41) is 48.3. The van der Waals surface area contributed by atoms with E-state index in [9.17, 15) is 25.5 Å². The van der Waals surface area contributed by atoms with Gasteiger partial charge in [-0.05, 0) is 17.7 Å². The van der Waals surface area contributed by atoms with Crippen molar-refractivity contribution in [2.45, 2.75) is 18.6 Å². The number of phenols is 4. The monoisotopic (exact) mass is 364 g/mol. The summed E-state index contributed by atoms with van der Waals surface area (Å²) < 4.78 is 5.62. The molecule has 0 aliphatic carbocycles. The van der Waals surface area contributed by atoms with E-state index in [0.717, 1.165) is 0 Å². The molecule has 0 unspecified atom stereocenters. The van der Waals surface area contributed by atoms with Crippen LogP contribution in [0.3, 0.4) is 0 Å². The van der Waals surface area contributed by atoms with Crippen LogP contribution < -0.4 is 4.74 Å². The SMILES string of the molecule is Oc1cc(O)c2c(c1)O[C@H](c1ccc(O)c(O)c1)[C@@H](O)C2.[Ge]. The first-order valence-corrected chi connectivity index (χ1v) is 6.37. The number of aliphatic hydroxyl groups is 1. The van der Waals surface area contributed by atoms with Crippen LogP contribution in [0.25, 0.3) is 0 Å². The maximum absolute atomic E-state index is 10.2. The van der Waals surface area contributed by atoms with Crippen molar-refractivity contribution in [3.05, 3.63) is 41.5 Å². The second-order valence-corrected chi connectivity index (χ2v) is 5.00. The van der Waals surface area contributed by atoms with Gasteiger partial charge in [0.15, 0.2) is 11.5 Å². The number of aromatic hydroxyl groups is 4. The van der Waals surface area contributed by atoms with Crippen LogP contribution in [-0.2, 0) is 6.42 Å². The van der Waals surface area contributed by atoms with Crippen LogP contribution in [0.4, 0.5) is 0 Å². The summed E-state index contributed by atoms with van der Waals surface area (Å²) in [6.07, 6.45) is -1.56. The van der Waals surface area contributed by atoms with Crippen LogP contribution in [-0.4, -0.2) is 49.2 Å². The average Bonchev–Trinajstić information content (AvgIpc) is 2.42. The van der Waals surface area contributed by atoms with Crippen LogP contribution in [0, 0.1) is 0 Å². The minimum atomic E-state index is -0.933. The van der Waals surface area contributed by atoms with Crippen molar-refractivity contribution < 1.29 is 30.3 Å². The van der Waals surface area contributed by atoms with E-state index in [4.69, 9.17) is 4.74 Å². The van der Waals surface area contributed by atoms with Gasteiger partial charge in [0.25, 0.3) is 0 Å². The smallest absolute Gasteiger partial charge is 0.157 e. The molecule has 1 heterocycles. The van der Waals surface area contributed by atoms with Crippen LogP contribution in [0.5, 0.6) is 28.7 Å². The third-order valence-corrected chi connectivity index (χ3v) is 3.51. The Bertz CT molecular complexity index is 703. The third-order valence-electron chi connectivity index (χ3n) is 3.51. The van der Waals surface area contributed by atoms with E-state index in [1.165, 1.54) is 30.3 Å². The first-order chi connectivity index (χ1) is 9.95. The summed E-state index contributed by atoms with van der Waals surface area (Å²) >= 11 is 0. The van der Waals surface area contributed by atoms with Crippen molar-refractivity contribution in [1.29, 1.82) is 0 Å².